The van der Waals surface area contributed by atoms with Crippen molar-refractivity contribution in [1.29, 1.82) is 0 Å². The highest BCUT2D eigenvalue weighted by atomic mass is 79.9. The lowest BCUT2D eigenvalue weighted by Gasteiger charge is -2.18. The summed E-state index contributed by atoms with van der Waals surface area (Å²) in [4.78, 5) is 24.3. The summed E-state index contributed by atoms with van der Waals surface area (Å²) in [6.45, 7) is 0.330. The molecule has 0 saturated carbocycles. The molecule has 0 radical (unpaired) electrons. The molecule has 1 aliphatic rings. The third kappa shape index (κ3) is 4.22. The van der Waals surface area contributed by atoms with Gasteiger partial charge < -0.3 is 10.2 Å². The molecule has 1 fully saturated rings. The standard InChI is InChI=1S/C14H14BrF3N2O2/c1-8-4-10(2-3-11(8)15)19-13(22)9-5-12(21)20(6-9)7-14(16,17)18/h2-4,9H,5-7H2,1H3,(H,19,22). The van der Waals surface area contributed by atoms with Crippen LogP contribution in [-0.4, -0.2) is 36.0 Å². The van der Waals surface area contributed by atoms with Crippen LogP contribution in [0, 0.1) is 12.8 Å². The van der Waals surface area contributed by atoms with E-state index in [1.54, 1.807) is 18.2 Å². The molecule has 1 aromatic carbocycles. The van der Waals surface area contributed by atoms with Crippen molar-refractivity contribution in [3.05, 3.63) is 28.2 Å². The number of aryl methyl sites for hydroxylation is 1. The largest absolute Gasteiger partial charge is 0.406 e. The normalized spacial score (nSPS) is 18.7. The van der Waals surface area contributed by atoms with Crippen molar-refractivity contribution in [3.63, 3.8) is 0 Å². The highest BCUT2D eigenvalue weighted by Gasteiger charge is 2.40. The average molecular weight is 379 g/mol. The van der Waals surface area contributed by atoms with Gasteiger partial charge in [-0.25, -0.2) is 0 Å². The fraction of sp³-hybridized carbons (Fsp3) is 0.429. The molecule has 0 aliphatic carbocycles. The minimum atomic E-state index is -4.45. The number of carbonyl (C=O) groups excluding carboxylic acids is 2. The third-order valence-electron chi connectivity index (χ3n) is 3.38. The van der Waals surface area contributed by atoms with Crippen molar-refractivity contribution < 1.29 is 22.8 Å². The predicted molar refractivity (Wildman–Crippen MR) is 78.3 cm³/mol. The van der Waals surface area contributed by atoms with Crippen molar-refractivity contribution >= 4 is 33.4 Å². The van der Waals surface area contributed by atoms with Gasteiger partial charge in [0.05, 0.1) is 5.92 Å². The number of halogens is 4. The Labute approximate surface area is 133 Å². The van der Waals surface area contributed by atoms with Gasteiger partial charge in [0.1, 0.15) is 6.54 Å². The first-order valence-electron chi connectivity index (χ1n) is 6.57. The zero-order chi connectivity index (χ0) is 16.5. The van der Waals surface area contributed by atoms with Gasteiger partial charge in [-0.1, -0.05) is 15.9 Å². The number of nitrogens with zero attached hydrogens (tertiary/aromatic N) is 1. The van der Waals surface area contributed by atoms with Crippen molar-refractivity contribution in [2.24, 2.45) is 5.92 Å². The molecule has 8 heteroatoms. The van der Waals surface area contributed by atoms with Crippen LogP contribution in [0.4, 0.5) is 18.9 Å². The first-order chi connectivity index (χ1) is 10.2. The Hall–Kier alpha value is -1.57. The monoisotopic (exact) mass is 378 g/mol. The van der Waals surface area contributed by atoms with E-state index in [2.05, 4.69) is 21.2 Å². The first-order valence-corrected chi connectivity index (χ1v) is 7.36. The molecule has 22 heavy (non-hydrogen) atoms. The highest BCUT2D eigenvalue weighted by Crippen LogP contribution is 2.25. The molecule has 1 aliphatic heterocycles. The Morgan fingerprint density at radius 3 is 2.73 bits per heavy atom. The van der Waals surface area contributed by atoms with Gasteiger partial charge in [0, 0.05) is 23.1 Å². The molecule has 0 spiro atoms. The number of hydrogen-bond donors (Lipinski definition) is 1. The molecule has 2 amide bonds. The van der Waals surface area contributed by atoms with E-state index in [9.17, 15) is 22.8 Å². The van der Waals surface area contributed by atoms with Gasteiger partial charge in [0.2, 0.25) is 11.8 Å². The molecule has 1 unspecified atom stereocenters. The van der Waals surface area contributed by atoms with Crippen LogP contribution in [0.5, 0.6) is 0 Å². The molecule has 0 aromatic heterocycles. The summed E-state index contributed by atoms with van der Waals surface area (Å²) in [6.07, 6.45) is -4.65. The molecule has 1 saturated heterocycles. The van der Waals surface area contributed by atoms with E-state index in [0.29, 0.717) is 10.6 Å². The maximum atomic E-state index is 12.3. The third-order valence-corrected chi connectivity index (χ3v) is 4.27. The summed E-state index contributed by atoms with van der Waals surface area (Å²) in [7, 11) is 0. The lowest BCUT2D eigenvalue weighted by molar-refractivity contribution is -0.157. The van der Waals surface area contributed by atoms with E-state index in [-0.39, 0.29) is 13.0 Å². The second kappa shape index (κ2) is 6.28. The number of hydrogen-bond acceptors (Lipinski definition) is 2. The average Bonchev–Trinajstić information content (AvgIpc) is 2.73. The number of amides is 2. The topological polar surface area (TPSA) is 49.4 Å². The second-order valence-corrected chi connectivity index (χ2v) is 6.10. The summed E-state index contributed by atoms with van der Waals surface area (Å²) < 4.78 is 37.9. The number of likely N-dealkylation sites (tertiary alicyclic amines) is 1. The maximum Gasteiger partial charge on any atom is 0.406 e. The van der Waals surface area contributed by atoms with E-state index >= 15 is 0 Å². The molecule has 1 aromatic rings. The molecule has 1 N–H and O–H groups in total. The fourth-order valence-corrected chi connectivity index (χ4v) is 2.53. The van der Waals surface area contributed by atoms with Crippen molar-refractivity contribution in [2.45, 2.75) is 19.5 Å². The molecule has 2 rings (SSSR count). The number of rotatable bonds is 3. The number of anilines is 1. The Kier molecular flexibility index (Phi) is 4.79. The predicted octanol–water partition coefficient (Wildman–Crippen LogP) is 3.11. The number of nitrogens with one attached hydrogen (secondary N) is 1. The van der Waals surface area contributed by atoms with E-state index in [0.717, 1.165) is 10.0 Å². The molecule has 1 atom stereocenters. The van der Waals surface area contributed by atoms with E-state index < -0.39 is 30.5 Å². The molecular formula is C14H14BrF3N2O2. The van der Waals surface area contributed by atoms with Crippen LogP contribution in [0.2, 0.25) is 0 Å². The molecule has 0 bridgehead atoms. The van der Waals surface area contributed by atoms with E-state index in [1.165, 1.54) is 0 Å². The Bertz CT molecular complexity index is 604. The van der Waals surface area contributed by atoms with Gasteiger partial charge in [-0.2, -0.15) is 13.2 Å². The van der Waals surface area contributed by atoms with Crippen LogP contribution in [0.3, 0.4) is 0 Å². The quantitative estimate of drug-likeness (QED) is 0.878. The van der Waals surface area contributed by atoms with Gasteiger partial charge in [-0.05, 0) is 30.7 Å². The molecule has 4 nitrogen and oxygen atoms in total. The number of benzene rings is 1. The minimum absolute atomic E-state index is 0.197. The smallest absolute Gasteiger partial charge is 0.333 e. The van der Waals surface area contributed by atoms with Crippen LogP contribution in [0.15, 0.2) is 22.7 Å². The lowest BCUT2D eigenvalue weighted by atomic mass is 10.1. The van der Waals surface area contributed by atoms with Crippen LogP contribution < -0.4 is 5.32 Å². The summed E-state index contributed by atoms with van der Waals surface area (Å²) in [5.74, 6) is -1.86. The van der Waals surface area contributed by atoms with E-state index in [4.69, 9.17) is 0 Å². The van der Waals surface area contributed by atoms with Gasteiger partial charge in [0.25, 0.3) is 0 Å². The molecular weight excluding hydrogens is 365 g/mol. The van der Waals surface area contributed by atoms with Crippen molar-refractivity contribution in [3.8, 4) is 0 Å². The Balaban J connectivity index is 1.99. The summed E-state index contributed by atoms with van der Waals surface area (Å²) in [5, 5.41) is 2.64. The maximum absolute atomic E-state index is 12.3. The van der Waals surface area contributed by atoms with Crippen LogP contribution in [0.25, 0.3) is 0 Å². The number of alkyl halides is 3. The van der Waals surface area contributed by atoms with Gasteiger partial charge in [-0.3, -0.25) is 9.59 Å². The van der Waals surface area contributed by atoms with Crippen LogP contribution >= 0.6 is 15.9 Å². The Morgan fingerprint density at radius 1 is 1.45 bits per heavy atom. The first kappa shape index (κ1) is 16.8. The van der Waals surface area contributed by atoms with E-state index in [1.807, 2.05) is 6.92 Å². The zero-order valence-electron chi connectivity index (χ0n) is 11.7. The SMILES string of the molecule is Cc1cc(NC(=O)C2CC(=O)N(CC(F)(F)F)C2)ccc1Br. The lowest BCUT2D eigenvalue weighted by Crippen LogP contribution is -2.36. The minimum Gasteiger partial charge on any atom is -0.333 e. The van der Waals surface area contributed by atoms with Gasteiger partial charge in [0.15, 0.2) is 0 Å². The van der Waals surface area contributed by atoms with Crippen molar-refractivity contribution in [2.75, 3.05) is 18.4 Å². The van der Waals surface area contributed by atoms with Gasteiger partial charge in [-0.15, -0.1) is 0 Å². The zero-order valence-corrected chi connectivity index (χ0v) is 13.3. The summed E-state index contributed by atoms with van der Waals surface area (Å²) >= 11 is 3.33. The van der Waals surface area contributed by atoms with Gasteiger partial charge >= 0.3 is 6.18 Å². The second-order valence-electron chi connectivity index (χ2n) is 5.24. The summed E-state index contributed by atoms with van der Waals surface area (Å²) in [6, 6.07) is 5.19. The summed E-state index contributed by atoms with van der Waals surface area (Å²) in [5.41, 5.74) is 1.46. The molecule has 120 valence electrons. The highest BCUT2D eigenvalue weighted by molar-refractivity contribution is 9.10. The fourth-order valence-electron chi connectivity index (χ4n) is 2.28. The number of carbonyl (C=O) groups is 2. The van der Waals surface area contributed by atoms with Crippen molar-refractivity contribution in [1.82, 2.24) is 4.90 Å². The van der Waals surface area contributed by atoms with Crippen LogP contribution in [-0.2, 0) is 9.59 Å². The molecule has 1 heterocycles. The van der Waals surface area contributed by atoms with Crippen LogP contribution in [0.1, 0.15) is 12.0 Å². The Morgan fingerprint density at radius 2 is 2.14 bits per heavy atom.